The number of hydrogen-bond acceptors (Lipinski definition) is 3. The highest BCUT2D eigenvalue weighted by atomic mass is 16.5. The van der Waals surface area contributed by atoms with Gasteiger partial charge in [-0.2, -0.15) is 0 Å². The Balaban J connectivity index is 2.33. The molecule has 0 bridgehead atoms. The molecule has 1 atom stereocenters. The van der Waals surface area contributed by atoms with Crippen LogP contribution in [0.1, 0.15) is 18.9 Å². The number of carbonyl (C=O) groups is 2. The van der Waals surface area contributed by atoms with Crippen molar-refractivity contribution in [3.05, 3.63) is 35.9 Å². The molecule has 1 rings (SSSR count). The number of ether oxygens (including phenoxy) is 1. The molecule has 4 nitrogen and oxygen atoms in total. The van der Waals surface area contributed by atoms with Crippen LogP contribution in [0.4, 0.5) is 0 Å². The van der Waals surface area contributed by atoms with E-state index in [9.17, 15) is 9.59 Å². The van der Waals surface area contributed by atoms with Crippen LogP contribution in [0, 0.1) is 5.92 Å². The number of hydrogen-bond donors (Lipinski definition) is 1. The average molecular weight is 221 g/mol. The number of carbonyl (C=O) groups excluding carboxylic acids is 2. The molecule has 86 valence electrons. The standard InChI is InChI=1S/C12H15NO3/c1-9(12(13)15)7-11(14)16-8-10-5-3-2-4-6-10/h2-6,9H,7-8H2,1H3,(H2,13,15)/t9-/m1/s1. The van der Waals surface area contributed by atoms with Crippen LogP contribution in [0.15, 0.2) is 30.3 Å². The van der Waals surface area contributed by atoms with Gasteiger partial charge < -0.3 is 10.5 Å². The Morgan fingerprint density at radius 1 is 1.31 bits per heavy atom. The van der Waals surface area contributed by atoms with Gasteiger partial charge in [0.05, 0.1) is 6.42 Å². The Bertz CT molecular complexity index is 362. The highest BCUT2D eigenvalue weighted by molar-refractivity contribution is 5.82. The van der Waals surface area contributed by atoms with Gasteiger partial charge >= 0.3 is 5.97 Å². The Kier molecular flexibility index (Phi) is 4.51. The fourth-order valence-corrected chi connectivity index (χ4v) is 1.15. The highest BCUT2D eigenvalue weighted by Crippen LogP contribution is 2.05. The lowest BCUT2D eigenvalue weighted by Gasteiger charge is -2.07. The monoisotopic (exact) mass is 221 g/mol. The van der Waals surface area contributed by atoms with Crippen LogP contribution in [0.2, 0.25) is 0 Å². The van der Waals surface area contributed by atoms with Crippen molar-refractivity contribution >= 4 is 11.9 Å². The van der Waals surface area contributed by atoms with E-state index >= 15 is 0 Å². The summed E-state index contributed by atoms with van der Waals surface area (Å²) in [4.78, 5) is 22.0. The third-order valence-electron chi connectivity index (χ3n) is 2.20. The van der Waals surface area contributed by atoms with Crippen molar-refractivity contribution in [1.29, 1.82) is 0 Å². The van der Waals surface area contributed by atoms with Crippen molar-refractivity contribution in [3.63, 3.8) is 0 Å². The quantitative estimate of drug-likeness (QED) is 0.760. The van der Waals surface area contributed by atoms with Crippen molar-refractivity contribution in [2.45, 2.75) is 20.0 Å². The third kappa shape index (κ3) is 4.13. The predicted octanol–water partition coefficient (Wildman–Crippen LogP) is 1.24. The van der Waals surface area contributed by atoms with Crippen molar-refractivity contribution in [2.24, 2.45) is 11.7 Å². The molecule has 0 fully saturated rings. The van der Waals surface area contributed by atoms with E-state index in [0.717, 1.165) is 5.56 Å². The maximum Gasteiger partial charge on any atom is 0.306 e. The van der Waals surface area contributed by atoms with Gasteiger partial charge in [0, 0.05) is 5.92 Å². The van der Waals surface area contributed by atoms with Gasteiger partial charge in [-0.1, -0.05) is 37.3 Å². The first-order valence-corrected chi connectivity index (χ1v) is 5.08. The fourth-order valence-electron chi connectivity index (χ4n) is 1.15. The summed E-state index contributed by atoms with van der Waals surface area (Å²) in [6, 6.07) is 9.36. The summed E-state index contributed by atoms with van der Waals surface area (Å²) in [7, 11) is 0. The van der Waals surface area contributed by atoms with E-state index < -0.39 is 17.8 Å². The minimum Gasteiger partial charge on any atom is -0.461 e. The first-order chi connectivity index (χ1) is 7.59. The van der Waals surface area contributed by atoms with Gasteiger partial charge in [-0.05, 0) is 5.56 Å². The summed E-state index contributed by atoms with van der Waals surface area (Å²) >= 11 is 0. The number of benzene rings is 1. The Hall–Kier alpha value is -1.84. The van der Waals surface area contributed by atoms with E-state index in [1.54, 1.807) is 6.92 Å². The van der Waals surface area contributed by atoms with Crippen LogP contribution in [0.3, 0.4) is 0 Å². The number of amides is 1. The fraction of sp³-hybridized carbons (Fsp3) is 0.333. The van der Waals surface area contributed by atoms with Gasteiger partial charge in [-0.3, -0.25) is 9.59 Å². The van der Waals surface area contributed by atoms with Gasteiger partial charge in [-0.15, -0.1) is 0 Å². The van der Waals surface area contributed by atoms with Gasteiger partial charge in [-0.25, -0.2) is 0 Å². The molecule has 0 spiro atoms. The molecule has 0 aliphatic carbocycles. The molecule has 0 unspecified atom stereocenters. The zero-order valence-electron chi connectivity index (χ0n) is 9.18. The molecule has 0 radical (unpaired) electrons. The zero-order valence-corrected chi connectivity index (χ0v) is 9.18. The molecular formula is C12H15NO3. The van der Waals surface area contributed by atoms with Crippen LogP contribution in [0.25, 0.3) is 0 Å². The molecule has 1 aromatic rings. The second kappa shape index (κ2) is 5.90. The van der Waals surface area contributed by atoms with Gasteiger partial charge in [0.15, 0.2) is 0 Å². The summed E-state index contributed by atoms with van der Waals surface area (Å²) < 4.78 is 5.00. The smallest absolute Gasteiger partial charge is 0.306 e. The largest absolute Gasteiger partial charge is 0.461 e. The third-order valence-corrected chi connectivity index (χ3v) is 2.20. The van der Waals surface area contributed by atoms with Crippen LogP contribution in [-0.2, 0) is 20.9 Å². The van der Waals surface area contributed by atoms with Crippen molar-refractivity contribution in [1.82, 2.24) is 0 Å². The van der Waals surface area contributed by atoms with Crippen molar-refractivity contribution in [3.8, 4) is 0 Å². The number of esters is 1. The Morgan fingerprint density at radius 3 is 2.50 bits per heavy atom. The lowest BCUT2D eigenvalue weighted by atomic mass is 10.1. The summed E-state index contributed by atoms with van der Waals surface area (Å²) in [6.07, 6.45) is 0.0299. The molecule has 0 aromatic heterocycles. The SMILES string of the molecule is C[C@H](CC(=O)OCc1ccccc1)C(N)=O. The van der Waals surface area contributed by atoms with Crippen LogP contribution in [-0.4, -0.2) is 11.9 Å². The second-order valence-corrected chi connectivity index (χ2v) is 3.65. The molecule has 4 heteroatoms. The number of primary amides is 1. The highest BCUT2D eigenvalue weighted by Gasteiger charge is 2.14. The molecule has 0 saturated carbocycles. The summed E-state index contributed by atoms with van der Waals surface area (Å²) in [6.45, 7) is 1.83. The van der Waals surface area contributed by atoms with Gasteiger partial charge in [0.2, 0.25) is 5.91 Å². The maximum atomic E-state index is 11.3. The average Bonchev–Trinajstić information content (AvgIpc) is 2.27. The first kappa shape index (κ1) is 12.2. The lowest BCUT2D eigenvalue weighted by Crippen LogP contribution is -2.23. The van der Waals surface area contributed by atoms with E-state index in [2.05, 4.69) is 0 Å². The van der Waals surface area contributed by atoms with Gasteiger partial charge in [0.25, 0.3) is 0 Å². The molecule has 0 heterocycles. The molecule has 2 N–H and O–H groups in total. The molecule has 16 heavy (non-hydrogen) atoms. The van der Waals surface area contributed by atoms with E-state index in [-0.39, 0.29) is 13.0 Å². The summed E-state index contributed by atoms with van der Waals surface area (Å²) in [5, 5.41) is 0. The van der Waals surface area contributed by atoms with Crippen LogP contribution < -0.4 is 5.73 Å². The van der Waals surface area contributed by atoms with Crippen LogP contribution in [0.5, 0.6) is 0 Å². The van der Waals surface area contributed by atoms with E-state index in [1.807, 2.05) is 30.3 Å². The molecule has 1 amide bonds. The second-order valence-electron chi connectivity index (χ2n) is 3.65. The van der Waals surface area contributed by atoms with Crippen molar-refractivity contribution < 1.29 is 14.3 Å². The lowest BCUT2D eigenvalue weighted by molar-refractivity contribution is -0.147. The van der Waals surface area contributed by atoms with Gasteiger partial charge in [0.1, 0.15) is 6.61 Å². The zero-order chi connectivity index (χ0) is 12.0. The minimum absolute atomic E-state index is 0.0299. The molecule has 0 saturated heterocycles. The number of nitrogens with two attached hydrogens (primary N) is 1. The first-order valence-electron chi connectivity index (χ1n) is 5.08. The topological polar surface area (TPSA) is 69.4 Å². The number of rotatable bonds is 5. The van der Waals surface area contributed by atoms with Crippen molar-refractivity contribution in [2.75, 3.05) is 0 Å². The molecule has 0 aliphatic rings. The molecule has 0 aliphatic heterocycles. The van der Waals surface area contributed by atoms with E-state index in [1.165, 1.54) is 0 Å². The minimum atomic E-state index is -0.489. The molecule has 1 aromatic carbocycles. The van der Waals surface area contributed by atoms with E-state index in [0.29, 0.717) is 0 Å². The Labute approximate surface area is 94.4 Å². The summed E-state index contributed by atoms with van der Waals surface area (Å²) in [5.41, 5.74) is 5.96. The predicted molar refractivity (Wildman–Crippen MR) is 59.2 cm³/mol. The Morgan fingerprint density at radius 2 is 1.94 bits per heavy atom. The normalized spacial score (nSPS) is 11.8. The molecular weight excluding hydrogens is 206 g/mol. The van der Waals surface area contributed by atoms with Crippen LogP contribution >= 0.6 is 0 Å². The van der Waals surface area contributed by atoms with E-state index in [4.69, 9.17) is 10.5 Å². The summed E-state index contributed by atoms with van der Waals surface area (Å²) in [5.74, 6) is -1.38. The maximum absolute atomic E-state index is 11.3.